The first kappa shape index (κ1) is 20.6. The topological polar surface area (TPSA) is 212 Å². The molecule has 0 bridgehead atoms. The number of anilines is 1. The van der Waals surface area contributed by atoms with Crippen molar-refractivity contribution in [3.05, 3.63) is 12.7 Å². The summed E-state index contributed by atoms with van der Waals surface area (Å²) in [6.45, 7) is -0.702. The molecule has 2 aromatic heterocycles. The number of nitrogens with two attached hydrogens (primary N) is 1. The summed E-state index contributed by atoms with van der Waals surface area (Å²) in [5.41, 5.74) is 6.34. The van der Waals surface area contributed by atoms with Crippen LogP contribution in [0.5, 0.6) is 0 Å². The van der Waals surface area contributed by atoms with E-state index in [0.29, 0.717) is 11.2 Å². The van der Waals surface area contributed by atoms with Gasteiger partial charge in [-0.05, 0) is 0 Å². The monoisotopic (exact) mass is 443 g/mol. The molecule has 0 radical (unpaired) electrons. The number of fused-ring (bicyclic) bond motifs is 1. The molecular formula is C10H15N5O9P2S. The van der Waals surface area contributed by atoms with Gasteiger partial charge in [0.25, 0.3) is 0 Å². The number of aromatic nitrogens is 4. The molecule has 1 fully saturated rings. The normalized spacial score (nSPS) is 28.5. The number of thiol groups is 1. The van der Waals surface area contributed by atoms with Crippen molar-refractivity contribution in [1.29, 1.82) is 0 Å². The van der Waals surface area contributed by atoms with E-state index in [1.807, 2.05) is 0 Å². The van der Waals surface area contributed by atoms with Crippen molar-refractivity contribution >= 4 is 45.3 Å². The van der Waals surface area contributed by atoms with Gasteiger partial charge in [-0.1, -0.05) is 0 Å². The van der Waals surface area contributed by atoms with Gasteiger partial charge in [0.2, 0.25) is 0 Å². The highest BCUT2D eigenvalue weighted by Crippen LogP contribution is 2.57. The molecule has 14 nitrogen and oxygen atoms in total. The number of aliphatic hydroxyl groups is 1. The van der Waals surface area contributed by atoms with Crippen LogP contribution in [0.25, 0.3) is 11.2 Å². The number of nitrogens with zero attached hydrogens (tertiary/aromatic N) is 4. The number of nitrogen functional groups attached to an aromatic ring is 1. The predicted octanol–water partition coefficient (Wildman–Crippen LogP) is -0.809. The minimum atomic E-state index is -5.25. The Hall–Kier alpha value is -1.12. The summed E-state index contributed by atoms with van der Waals surface area (Å²) in [5.74, 6) is 0.142. The number of hydrogen-bond acceptors (Lipinski definition) is 11. The lowest BCUT2D eigenvalue weighted by molar-refractivity contribution is -0.0421. The van der Waals surface area contributed by atoms with Crippen molar-refractivity contribution in [2.75, 3.05) is 12.3 Å². The van der Waals surface area contributed by atoms with Gasteiger partial charge in [0.05, 0.1) is 24.3 Å². The van der Waals surface area contributed by atoms with Crippen LogP contribution in [0, 0.1) is 0 Å². The zero-order valence-electron chi connectivity index (χ0n) is 13.2. The van der Waals surface area contributed by atoms with Gasteiger partial charge in [0, 0.05) is 0 Å². The van der Waals surface area contributed by atoms with E-state index in [4.69, 9.17) is 20.3 Å². The Kier molecular flexibility index (Phi) is 5.62. The molecule has 17 heteroatoms. The molecule has 1 aliphatic rings. The summed E-state index contributed by atoms with van der Waals surface area (Å²) in [4.78, 5) is 38.4. The summed E-state index contributed by atoms with van der Waals surface area (Å²) in [6.07, 6.45) is -0.735. The van der Waals surface area contributed by atoms with E-state index in [9.17, 15) is 19.1 Å². The molecule has 2 aromatic rings. The van der Waals surface area contributed by atoms with Gasteiger partial charge < -0.3 is 30.3 Å². The van der Waals surface area contributed by atoms with E-state index in [-0.39, 0.29) is 5.82 Å². The lowest BCUT2D eigenvalue weighted by Gasteiger charge is -2.17. The first-order valence-corrected chi connectivity index (χ1v) is 10.7. The largest absolute Gasteiger partial charge is 0.481 e. The summed E-state index contributed by atoms with van der Waals surface area (Å²) in [7, 11) is -10.3. The van der Waals surface area contributed by atoms with Gasteiger partial charge in [-0.2, -0.15) is 16.9 Å². The highest BCUT2D eigenvalue weighted by atomic mass is 32.1. The number of phosphoric ester groups is 1. The fourth-order valence-corrected chi connectivity index (χ4v) is 4.48. The zero-order valence-corrected chi connectivity index (χ0v) is 15.9. The van der Waals surface area contributed by atoms with Crippen molar-refractivity contribution in [2.45, 2.75) is 23.7 Å². The van der Waals surface area contributed by atoms with Gasteiger partial charge in [-0.15, -0.1) is 0 Å². The van der Waals surface area contributed by atoms with Crippen LogP contribution < -0.4 is 5.73 Å². The van der Waals surface area contributed by atoms with Crippen LogP contribution in [0.15, 0.2) is 12.7 Å². The Balaban J connectivity index is 1.75. The first-order chi connectivity index (χ1) is 12.5. The molecule has 3 heterocycles. The van der Waals surface area contributed by atoms with Crippen LogP contribution in [-0.2, 0) is 22.7 Å². The van der Waals surface area contributed by atoms with Gasteiger partial charge in [0.1, 0.15) is 17.9 Å². The molecule has 1 unspecified atom stereocenters. The highest BCUT2D eigenvalue weighted by molar-refractivity contribution is 7.81. The van der Waals surface area contributed by atoms with Crippen LogP contribution in [0.2, 0.25) is 0 Å². The van der Waals surface area contributed by atoms with Crippen molar-refractivity contribution in [2.24, 2.45) is 0 Å². The van der Waals surface area contributed by atoms with Crippen LogP contribution in [0.1, 0.15) is 6.23 Å². The summed E-state index contributed by atoms with van der Waals surface area (Å²) >= 11 is 4.27. The lowest BCUT2D eigenvalue weighted by Crippen LogP contribution is -2.30. The molecule has 6 N–H and O–H groups in total. The second-order valence-corrected chi connectivity index (χ2v) is 8.89. The quantitative estimate of drug-likeness (QED) is 0.238. The average Bonchev–Trinajstić information content (AvgIpc) is 3.07. The lowest BCUT2D eigenvalue weighted by atomic mass is 10.2. The maximum Gasteiger partial charge on any atom is 0.481 e. The van der Waals surface area contributed by atoms with E-state index in [1.54, 1.807) is 0 Å². The van der Waals surface area contributed by atoms with E-state index in [2.05, 4.69) is 36.4 Å². The Morgan fingerprint density at radius 3 is 2.67 bits per heavy atom. The number of phosphoric acid groups is 2. The fourth-order valence-electron chi connectivity index (χ4n) is 2.48. The molecule has 0 saturated carbocycles. The van der Waals surface area contributed by atoms with Crippen molar-refractivity contribution in [1.82, 2.24) is 19.5 Å². The molecule has 1 saturated heterocycles. The molecule has 0 aromatic carbocycles. The molecule has 27 heavy (non-hydrogen) atoms. The van der Waals surface area contributed by atoms with Crippen molar-refractivity contribution in [3.63, 3.8) is 0 Å². The maximum atomic E-state index is 11.5. The summed E-state index contributed by atoms with van der Waals surface area (Å²) in [5, 5.41) is 9.43. The minimum absolute atomic E-state index is 0.142. The van der Waals surface area contributed by atoms with E-state index < -0.39 is 45.9 Å². The van der Waals surface area contributed by atoms with Crippen LogP contribution in [0.4, 0.5) is 5.82 Å². The number of hydrogen-bond donors (Lipinski definition) is 6. The highest BCUT2D eigenvalue weighted by Gasteiger charge is 2.45. The van der Waals surface area contributed by atoms with Crippen LogP contribution in [-0.4, -0.2) is 63.4 Å². The maximum absolute atomic E-state index is 11.5. The van der Waals surface area contributed by atoms with Gasteiger partial charge in [-0.3, -0.25) is 9.09 Å². The van der Waals surface area contributed by atoms with Crippen LogP contribution >= 0.6 is 28.3 Å². The molecule has 0 spiro atoms. The number of ether oxygens (including phenoxy) is 1. The molecular weight excluding hydrogens is 428 g/mol. The van der Waals surface area contributed by atoms with E-state index >= 15 is 0 Å². The van der Waals surface area contributed by atoms with E-state index in [1.165, 1.54) is 17.2 Å². The molecule has 0 amide bonds. The Bertz CT molecular complexity index is 937. The zero-order chi connectivity index (χ0) is 20.0. The number of rotatable bonds is 6. The average molecular weight is 443 g/mol. The standard InChI is InChI=1S/C10H15N5O9P2S/c11-8-5-9(13-2-12-8)15(3-14-5)10-7(27)6(16)4(23-10)1-22-26(20,21)24-25(17,18)19/h2-4,6-7,10,16,27H,1H2,(H,20,21)(H2,11,12,13)(H2,17,18,19)/t4-,6-,7-,10-/m1/s1. The third-order valence-corrected chi connectivity index (χ3v) is 6.32. The molecule has 1 aliphatic heterocycles. The smallest absolute Gasteiger partial charge is 0.389 e. The summed E-state index contributed by atoms with van der Waals surface area (Å²) < 4.78 is 37.4. The van der Waals surface area contributed by atoms with Gasteiger partial charge >= 0.3 is 15.6 Å². The minimum Gasteiger partial charge on any atom is -0.389 e. The SMILES string of the molecule is Nc1ncnc2c1ncn2[C@@H]1O[C@H](COP(=O)(O)OP(=O)(O)O)[C@@H](O)[C@H]1S. The Labute approximate surface area is 156 Å². The number of aliphatic hydroxyl groups excluding tert-OH is 1. The summed E-state index contributed by atoms with van der Waals surface area (Å²) in [6, 6.07) is 0. The first-order valence-electron chi connectivity index (χ1n) is 7.17. The van der Waals surface area contributed by atoms with Gasteiger partial charge in [0.15, 0.2) is 17.7 Å². The Morgan fingerprint density at radius 1 is 1.30 bits per heavy atom. The number of imidazole rings is 1. The third kappa shape index (κ3) is 4.49. The third-order valence-electron chi connectivity index (χ3n) is 3.61. The molecule has 3 rings (SSSR count). The second kappa shape index (κ2) is 7.37. The molecule has 5 atom stereocenters. The predicted molar refractivity (Wildman–Crippen MR) is 91.3 cm³/mol. The van der Waals surface area contributed by atoms with E-state index in [0.717, 1.165) is 0 Å². The second-order valence-electron chi connectivity index (χ2n) is 5.47. The molecule has 150 valence electrons. The van der Waals surface area contributed by atoms with Crippen LogP contribution in [0.3, 0.4) is 0 Å². The Morgan fingerprint density at radius 2 is 2.00 bits per heavy atom. The molecule has 0 aliphatic carbocycles. The van der Waals surface area contributed by atoms with Crippen molar-refractivity contribution in [3.8, 4) is 0 Å². The van der Waals surface area contributed by atoms with Crippen molar-refractivity contribution < 1.29 is 42.5 Å². The van der Waals surface area contributed by atoms with Gasteiger partial charge in [-0.25, -0.2) is 24.1 Å². The fraction of sp³-hybridized carbons (Fsp3) is 0.500.